The number of aliphatic hydroxyl groups is 3. The molecule has 1 fully saturated rings. The lowest BCUT2D eigenvalue weighted by atomic mass is 9.95. The predicted molar refractivity (Wildman–Crippen MR) is 86.6 cm³/mol. The second-order valence-corrected chi connectivity index (χ2v) is 5.59. The molecule has 1 aromatic rings. The quantitative estimate of drug-likeness (QED) is 0.471. The fraction of sp³-hybridized carbons (Fsp3) is 0.562. The van der Waals surface area contributed by atoms with Crippen molar-refractivity contribution < 1.29 is 29.6 Å². The minimum atomic E-state index is -1.30. The standard InChI is InChI=1S/C16H24N2O6/c1-3-23-11-6-4-10(5-7-11)18-16-13(17-9(2)20)15(22)14(21)12(8-19)24-16/h4-7,12-16,18-19,21-22H,3,8H2,1-2H3,(H,17,20)/t12-,13-,14-,15-,16+/m1/s1. The van der Waals surface area contributed by atoms with Crippen LogP contribution in [0.1, 0.15) is 13.8 Å². The molecule has 24 heavy (non-hydrogen) atoms. The normalized spacial score (nSPS) is 29.8. The monoisotopic (exact) mass is 340 g/mol. The molecule has 0 bridgehead atoms. The molecule has 1 saturated heterocycles. The van der Waals surface area contributed by atoms with Crippen molar-refractivity contribution in [3.8, 4) is 5.75 Å². The molecule has 0 spiro atoms. The van der Waals surface area contributed by atoms with Crippen molar-refractivity contribution in [2.45, 2.75) is 44.4 Å². The third kappa shape index (κ3) is 4.35. The third-order valence-corrected chi connectivity index (χ3v) is 3.77. The van der Waals surface area contributed by atoms with Crippen LogP contribution < -0.4 is 15.4 Å². The molecule has 5 atom stereocenters. The topological polar surface area (TPSA) is 120 Å². The van der Waals surface area contributed by atoms with E-state index in [1.165, 1.54) is 6.92 Å². The molecule has 1 amide bonds. The summed E-state index contributed by atoms with van der Waals surface area (Å²) in [6.45, 7) is 3.31. The van der Waals surface area contributed by atoms with Crippen LogP contribution in [0.15, 0.2) is 24.3 Å². The van der Waals surface area contributed by atoms with Crippen molar-refractivity contribution in [3.63, 3.8) is 0 Å². The molecular weight excluding hydrogens is 316 g/mol. The van der Waals surface area contributed by atoms with Crippen LogP contribution in [0.4, 0.5) is 5.69 Å². The first-order chi connectivity index (χ1) is 11.5. The van der Waals surface area contributed by atoms with Crippen molar-refractivity contribution in [1.82, 2.24) is 5.32 Å². The number of benzene rings is 1. The van der Waals surface area contributed by atoms with Gasteiger partial charge in [-0.2, -0.15) is 0 Å². The Labute approximate surface area is 140 Å². The number of amides is 1. The molecule has 1 aliphatic rings. The Morgan fingerprint density at radius 2 is 1.92 bits per heavy atom. The van der Waals surface area contributed by atoms with Gasteiger partial charge in [0.2, 0.25) is 5.91 Å². The van der Waals surface area contributed by atoms with Crippen molar-refractivity contribution >= 4 is 11.6 Å². The zero-order valence-electron chi connectivity index (χ0n) is 13.7. The lowest BCUT2D eigenvalue weighted by Gasteiger charge is -2.43. The van der Waals surface area contributed by atoms with Gasteiger partial charge in [0.05, 0.1) is 13.2 Å². The summed E-state index contributed by atoms with van der Waals surface area (Å²) in [7, 11) is 0. The molecule has 0 saturated carbocycles. The van der Waals surface area contributed by atoms with Gasteiger partial charge >= 0.3 is 0 Å². The Hall–Kier alpha value is -1.87. The van der Waals surface area contributed by atoms with Gasteiger partial charge in [0, 0.05) is 12.6 Å². The number of ether oxygens (including phenoxy) is 2. The van der Waals surface area contributed by atoms with Gasteiger partial charge in [0.15, 0.2) is 6.23 Å². The van der Waals surface area contributed by atoms with Gasteiger partial charge in [0.25, 0.3) is 0 Å². The molecule has 8 heteroatoms. The summed E-state index contributed by atoms with van der Waals surface area (Å²) in [5.74, 6) is 0.352. The Kier molecular flexibility index (Phi) is 6.38. The molecule has 1 aromatic carbocycles. The van der Waals surface area contributed by atoms with Crippen LogP contribution in [0.25, 0.3) is 0 Å². The summed E-state index contributed by atoms with van der Waals surface area (Å²) in [6, 6.07) is 6.22. The van der Waals surface area contributed by atoms with E-state index in [4.69, 9.17) is 9.47 Å². The van der Waals surface area contributed by atoms with E-state index in [-0.39, 0.29) is 5.91 Å². The number of rotatable bonds is 6. The van der Waals surface area contributed by atoms with E-state index in [1.54, 1.807) is 24.3 Å². The van der Waals surface area contributed by atoms with Crippen LogP contribution in [0.2, 0.25) is 0 Å². The summed E-state index contributed by atoms with van der Waals surface area (Å²) in [5, 5.41) is 35.1. The number of aliphatic hydroxyl groups excluding tert-OH is 3. The molecule has 0 aromatic heterocycles. The van der Waals surface area contributed by atoms with E-state index in [0.29, 0.717) is 12.3 Å². The predicted octanol–water partition coefficient (Wildman–Crippen LogP) is -0.559. The molecule has 1 heterocycles. The maximum absolute atomic E-state index is 11.4. The van der Waals surface area contributed by atoms with Crippen molar-refractivity contribution in [2.75, 3.05) is 18.5 Å². The zero-order valence-corrected chi connectivity index (χ0v) is 13.7. The minimum absolute atomic E-state index is 0.365. The Morgan fingerprint density at radius 1 is 1.25 bits per heavy atom. The van der Waals surface area contributed by atoms with Crippen LogP contribution in [-0.4, -0.2) is 65.0 Å². The van der Waals surface area contributed by atoms with Gasteiger partial charge < -0.3 is 35.4 Å². The number of carbonyl (C=O) groups excluding carboxylic acids is 1. The van der Waals surface area contributed by atoms with E-state index in [1.807, 2.05) is 6.92 Å². The van der Waals surface area contributed by atoms with E-state index in [2.05, 4.69) is 10.6 Å². The largest absolute Gasteiger partial charge is 0.494 e. The van der Waals surface area contributed by atoms with Crippen molar-refractivity contribution in [2.24, 2.45) is 0 Å². The highest BCUT2D eigenvalue weighted by atomic mass is 16.5. The zero-order chi connectivity index (χ0) is 17.7. The maximum atomic E-state index is 11.4. The Balaban J connectivity index is 2.14. The van der Waals surface area contributed by atoms with Crippen LogP contribution in [0.5, 0.6) is 5.75 Å². The number of hydrogen-bond acceptors (Lipinski definition) is 7. The summed E-state index contributed by atoms with van der Waals surface area (Å²) in [6.07, 6.45) is -4.35. The second-order valence-electron chi connectivity index (χ2n) is 5.59. The van der Waals surface area contributed by atoms with E-state index in [9.17, 15) is 20.1 Å². The van der Waals surface area contributed by atoms with Crippen LogP contribution in [-0.2, 0) is 9.53 Å². The number of anilines is 1. The molecule has 1 aliphatic heterocycles. The first-order valence-electron chi connectivity index (χ1n) is 7.85. The molecule has 0 unspecified atom stereocenters. The van der Waals surface area contributed by atoms with E-state index >= 15 is 0 Å². The lowest BCUT2D eigenvalue weighted by molar-refractivity contribution is -0.188. The highest BCUT2D eigenvalue weighted by Gasteiger charge is 2.44. The highest BCUT2D eigenvalue weighted by molar-refractivity contribution is 5.73. The van der Waals surface area contributed by atoms with Gasteiger partial charge in [-0.3, -0.25) is 4.79 Å². The lowest BCUT2D eigenvalue weighted by Crippen LogP contribution is -2.65. The minimum Gasteiger partial charge on any atom is -0.494 e. The molecule has 8 nitrogen and oxygen atoms in total. The smallest absolute Gasteiger partial charge is 0.217 e. The summed E-state index contributed by atoms with van der Waals surface area (Å²) in [4.78, 5) is 11.4. The van der Waals surface area contributed by atoms with Crippen molar-refractivity contribution in [1.29, 1.82) is 0 Å². The average molecular weight is 340 g/mol. The fourth-order valence-corrected chi connectivity index (χ4v) is 2.61. The first kappa shape index (κ1) is 18.5. The molecule has 0 radical (unpaired) electrons. The maximum Gasteiger partial charge on any atom is 0.217 e. The van der Waals surface area contributed by atoms with Crippen LogP contribution in [0.3, 0.4) is 0 Å². The van der Waals surface area contributed by atoms with Crippen LogP contribution in [0, 0.1) is 0 Å². The van der Waals surface area contributed by atoms with E-state index in [0.717, 1.165) is 5.75 Å². The van der Waals surface area contributed by atoms with Gasteiger partial charge in [-0.05, 0) is 31.2 Å². The molecule has 2 rings (SSSR count). The summed E-state index contributed by atoms with van der Waals surface area (Å²) >= 11 is 0. The van der Waals surface area contributed by atoms with E-state index < -0.39 is 37.2 Å². The number of nitrogens with one attached hydrogen (secondary N) is 2. The summed E-state index contributed by atoms with van der Waals surface area (Å²) in [5.41, 5.74) is 0.680. The molecule has 134 valence electrons. The van der Waals surface area contributed by atoms with Gasteiger partial charge in [-0.1, -0.05) is 0 Å². The molecular formula is C16H24N2O6. The van der Waals surface area contributed by atoms with Crippen molar-refractivity contribution in [3.05, 3.63) is 24.3 Å². The van der Waals surface area contributed by atoms with Gasteiger partial charge in [0.1, 0.15) is 30.1 Å². The van der Waals surface area contributed by atoms with Crippen LogP contribution >= 0.6 is 0 Å². The molecule has 0 aliphatic carbocycles. The SMILES string of the molecule is CCOc1ccc(N[C@H]2O[C@H](CO)[C@@H](O)[C@H](O)[C@H]2NC(C)=O)cc1. The average Bonchev–Trinajstić information content (AvgIpc) is 2.56. The summed E-state index contributed by atoms with van der Waals surface area (Å²) < 4.78 is 11.0. The second kappa shape index (κ2) is 8.29. The molecule has 5 N–H and O–H groups in total. The fourth-order valence-electron chi connectivity index (χ4n) is 2.61. The Morgan fingerprint density at radius 3 is 2.46 bits per heavy atom. The van der Waals surface area contributed by atoms with Gasteiger partial charge in [-0.15, -0.1) is 0 Å². The third-order valence-electron chi connectivity index (χ3n) is 3.77. The number of hydrogen-bond donors (Lipinski definition) is 5. The van der Waals surface area contributed by atoms with Gasteiger partial charge in [-0.25, -0.2) is 0 Å². The number of carbonyl (C=O) groups is 1. The highest BCUT2D eigenvalue weighted by Crippen LogP contribution is 2.24. The Bertz CT molecular complexity index is 538. The first-order valence-corrected chi connectivity index (χ1v) is 7.85.